The molecule has 0 N–H and O–H groups in total. The molecule has 0 aromatic carbocycles. The molecule has 0 unspecified atom stereocenters. The van der Waals surface area contributed by atoms with Crippen LogP contribution in [0.4, 0.5) is 0 Å². The minimum atomic E-state index is 0.296. The molecule has 3 heteroatoms. The van der Waals surface area contributed by atoms with Crippen LogP contribution in [0.15, 0.2) is 4.52 Å². The molecule has 0 radical (unpaired) electrons. The van der Waals surface area contributed by atoms with Gasteiger partial charge >= 0.3 is 0 Å². The topological polar surface area (TPSA) is 49.8 Å². The van der Waals surface area contributed by atoms with Crippen molar-refractivity contribution in [3.63, 3.8) is 0 Å². The first kappa shape index (κ1) is 7.80. The summed E-state index contributed by atoms with van der Waals surface area (Å²) in [6.07, 6.45) is 0. The smallest absolute Gasteiger partial charge is 0.186 e. The highest BCUT2D eigenvalue weighted by Crippen LogP contribution is 2.20. The number of hydrogen-bond acceptors (Lipinski definition) is 3. The average molecular weight is 150 g/mol. The van der Waals surface area contributed by atoms with Gasteiger partial charge in [0.2, 0.25) is 0 Å². The summed E-state index contributed by atoms with van der Waals surface area (Å²) in [6.45, 7) is 5.87. The Morgan fingerprint density at radius 3 is 2.45 bits per heavy atom. The molecule has 58 valence electrons. The SMILES string of the molecule is Cc1c(C#N)noc1C(C)C. The molecule has 0 atom stereocenters. The zero-order valence-electron chi connectivity index (χ0n) is 6.88. The van der Waals surface area contributed by atoms with Gasteiger partial charge in [-0.25, -0.2) is 0 Å². The average Bonchev–Trinajstić information content (AvgIpc) is 2.30. The first-order valence-electron chi connectivity index (χ1n) is 3.53. The molecule has 1 aromatic rings. The number of nitrogens with zero attached hydrogens (tertiary/aromatic N) is 2. The largest absolute Gasteiger partial charge is 0.359 e. The van der Waals surface area contributed by atoms with Crippen molar-refractivity contribution < 1.29 is 4.52 Å². The Morgan fingerprint density at radius 1 is 1.55 bits per heavy atom. The fraction of sp³-hybridized carbons (Fsp3) is 0.500. The normalized spacial score (nSPS) is 10.1. The zero-order valence-corrected chi connectivity index (χ0v) is 6.88. The van der Waals surface area contributed by atoms with E-state index in [-0.39, 0.29) is 0 Å². The predicted molar refractivity (Wildman–Crippen MR) is 40.0 cm³/mol. The van der Waals surface area contributed by atoms with Gasteiger partial charge in [0.25, 0.3) is 0 Å². The van der Waals surface area contributed by atoms with E-state index in [4.69, 9.17) is 9.78 Å². The highest BCUT2D eigenvalue weighted by molar-refractivity contribution is 5.32. The van der Waals surface area contributed by atoms with E-state index in [1.54, 1.807) is 0 Å². The lowest BCUT2D eigenvalue weighted by molar-refractivity contribution is 0.368. The minimum absolute atomic E-state index is 0.296. The molecular formula is C8H10N2O. The van der Waals surface area contributed by atoms with Crippen LogP contribution in [0.25, 0.3) is 0 Å². The van der Waals surface area contributed by atoms with Gasteiger partial charge in [-0.2, -0.15) is 5.26 Å². The van der Waals surface area contributed by atoms with Crippen molar-refractivity contribution in [2.24, 2.45) is 0 Å². The Bertz CT molecular complexity index is 294. The van der Waals surface area contributed by atoms with Crippen molar-refractivity contribution in [3.05, 3.63) is 17.0 Å². The van der Waals surface area contributed by atoms with Crippen molar-refractivity contribution >= 4 is 0 Å². The summed E-state index contributed by atoms with van der Waals surface area (Å²) < 4.78 is 4.98. The number of hydrogen-bond donors (Lipinski definition) is 0. The molecule has 11 heavy (non-hydrogen) atoms. The Morgan fingerprint density at radius 2 is 2.18 bits per heavy atom. The van der Waals surface area contributed by atoms with Crippen molar-refractivity contribution in [3.8, 4) is 6.07 Å². The molecule has 3 nitrogen and oxygen atoms in total. The van der Waals surface area contributed by atoms with Crippen molar-refractivity contribution in [2.45, 2.75) is 26.7 Å². The third-order valence-electron chi connectivity index (χ3n) is 1.59. The summed E-state index contributed by atoms with van der Waals surface area (Å²) in [4.78, 5) is 0. The lowest BCUT2D eigenvalue weighted by atomic mass is 10.1. The van der Waals surface area contributed by atoms with Crippen molar-refractivity contribution in [2.75, 3.05) is 0 Å². The van der Waals surface area contributed by atoms with Crippen LogP contribution in [0.2, 0.25) is 0 Å². The molecule has 1 rings (SSSR count). The summed E-state index contributed by atoms with van der Waals surface area (Å²) in [5.41, 5.74) is 1.26. The van der Waals surface area contributed by atoms with Gasteiger partial charge in [-0.3, -0.25) is 0 Å². The Labute approximate surface area is 65.6 Å². The van der Waals surface area contributed by atoms with E-state index in [1.165, 1.54) is 0 Å². The van der Waals surface area contributed by atoms with Gasteiger partial charge in [0, 0.05) is 11.5 Å². The molecule has 0 bridgehead atoms. The van der Waals surface area contributed by atoms with Crippen LogP contribution in [-0.2, 0) is 0 Å². The van der Waals surface area contributed by atoms with E-state index in [0.29, 0.717) is 11.6 Å². The molecule has 0 aliphatic carbocycles. The van der Waals surface area contributed by atoms with Crippen molar-refractivity contribution in [1.82, 2.24) is 5.16 Å². The maximum atomic E-state index is 8.54. The number of nitriles is 1. The number of rotatable bonds is 1. The van der Waals surface area contributed by atoms with E-state index in [0.717, 1.165) is 11.3 Å². The minimum Gasteiger partial charge on any atom is -0.359 e. The van der Waals surface area contributed by atoms with Crippen LogP contribution in [0.5, 0.6) is 0 Å². The Balaban J connectivity index is 3.13. The first-order valence-corrected chi connectivity index (χ1v) is 3.53. The molecule has 0 saturated carbocycles. The van der Waals surface area contributed by atoms with Crippen LogP contribution in [0.3, 0.4) is 0 Å². The second-order valence-corrected chi connectivity index (χ2v) is 2.79. The molecule has 0 saturated heterocycles. The summed E-state index contributed by atoms with van der Waals surface area (Å²) in [6, 6.07) is 1.97. The maximum Gasteiger partial charge on any atom is 0.186 e. The highest BCUT2D eigenvalue weighted by Gasteiger charge is 2.13. The van der Waals surface area contributed by atoms with Gasteiger partial charge in [-0.05, 0) is 6.92 Å². The third kappa shape index (κ3) is 1.25. The summed E-state index contributed by atoms with van der Waals surface area (Å²) in [5, 5.41) is 12.2. The lowest BCUT2D eigenvalue weighted by Crippen LogP contribution is -1.86. The predicted octanol–water partition coefficient (Wildman–Crippen LogP) is 1.98. The Kier molecular flexibility index (Phi) is 1.95. The summed E-state index contributed by atoms with van der Waals surface area (Å²) >= 11 is 0. The fourth-order valence-electron chi connectivity index (χ4n) is 0.991. The molecular weight excluding hydrogens is 140 g/mol. The first-order chi connectivity index (χ1) is 5.16. The van der Waals surface area contributed by atoms with Gasteiger partial charge in [0.05, 0.1) is 0 Å². The second kappa shape index (κ2) is 2.75. The molecule has 1 aromatic heterocycles. The standard InChI is InChI=1S/C8H10N2O/c1-5(2)8-6(3)7(4-9)10-11-8/h5H,1-3H3. The van der Waals surface area contributed by atoms with E-state index < -0.39 is 0 Å². The van der Waals surface area contributed by atoms with Gasteiger partial charge in [0.15, 0.2) is 5.69 Å². The molecule has 1 heterocycles. The van der Waals surface area contributed by atoms with Gasteiger partial charge in [-0.15, -0.1) is 0 Å². The van der Waals surface area contributed by atoms with Crippen LogP contribution in [0, 0.1) is 18.3 Å². The van der Waals surface area contributed by atoms with Crippen molar-refractivity contribution in [1.29, 1.82) is 5.26 Å². The summed E-state index contributed by atoms with van der Waals surface area (Å²) in [7, 11) is 0. The molecule has 0 amide bonds. The molecule has 0 fully saturated rings. The quantitative estimate of drug-likeness (QED) is 0.615. The fourth-order valence-corrected chi connectivity index (χ4v) is 0.991. The second-order valence-electron chi connectivity index (χ2n) is 2.79. The van der Waals surface area contributed by atoms with Gasteiger partial charge in [0.1, 0.15) is 11.8 Å². The van der Waals surface area contributed by atoms with Crippen LogP contribution < -0.4 is 0 Å². The van der Waals surface area contributed by atoms with Crippen LogP contribution in [-0.4, -0.2) is 5.16 Å². The zero-order chi connectivity index (χ0) is 8.43. The monoisotopic (exact) mass is 150 g/mol. The van der Waals surface area contributed by atoms with Crippen LogP contribution in [0.1, 0.15) is 36.8 Å². The van der Waals surface area contributed by atoms with E-state index in [1.807, 2.05) is 26.8 Å². The Hall–Kier alpha value is -1.30. The summed E-state index contributed by atoms with van der Waals surface area (Å²) in [5.74, 6) is 1.10. The molecule has 0 aliphatic rings. The third-order valence-corrected chi connectivity index (χ3v) is 1.59. The number of aromatic nitrogens is 1. The van der Waals surface area contributed by atoms with E-state index in [2.05, 4.69) is 5.16 Å². The van der Waals surface area contributed by atoms with E-state index in [9.17, 15) is 0 Å². The van der Waals surface area contributed by atoms with Gasteiger partial charge in [-0.1, -0.05) is 19.0 Å². The molecule has 0 spiro atoms. The maximum absolute atomic E-state index is 8.54. The van der Waals surface area contributed by atoms with Crippen LogP contribution >= 0.6 is 0 Å². The highest BCUT2D eigenvalue weighted by atomic mass is 16.5. The molecule has 0 aliphatic heterocycles. The van der Waals surface area contributed by atoms with Gasteiger partial charge < -0.3 is 4.52 Å². The van der Waals surface area contributed by atoms with E-state index >= 15 is 0 Å². The lowest BCUT2D eigenvalue weighted by Gasteiger charge is -1.97.